The third kappa shape index (κ3) is 6.10. The molecule has 0 unspecified atom stereocenters. The van der Waals surface area contributed by atoms with Crippen LogP contribution in [0.4, 0.5) is 0 Å². The van der Waals surface area contributed by atoms with Crippen LogP contribution >= 0.6 is 24.8 Å². The van der Waals surface area contributed by atoms with Crippen molar-refractivity contribution in [1.29, 1.82) is 0 Å². The Morgan fingerprint density at radius 3 is 2.33 bits per heavy atom. The van der Waals surface area contributed by atoms with E-state index in [0.29, 0.717) is 6.54 Å². The van der Waals surface area contributed by atoms with E-state index in [1.807, 2.05) is 0 Å². The summed E-state index contributed by atoms with van der Waals surface area (Å²) in [5, 5.41) is 19.0. The largest absolute Gasteiger partial charge is 0.396 e. The van der Waals surface area contributed by atoms with Gasteiger partial charge < -0.3 is 15.9 Å². The van der Waals surface area contributed by atoms with Crippen molar-refractivity contribution in [3.63, 3.8) is 0 Å². The molecule has 0 aliphatic carbocycles. The number of nitrogens with zero attached hydrogens (tertiary/aromatic N) is 1. The molecule has 1 aromatic rings. The monoisotopic (exact) mass is 336 g/mol. The lowest BCUT2D eigenvalue weighted by Crippen LogP contribution is -2.44. The molecule has 2 rings (SSSR count). The molecule has 4 nitrogen and oxygen atoms in total. The van der Waals surface area contributed by atoms with Crippen LogP contribution in [-0.4, -0.2) is 47.5 Å². The van der Waals surface area contributed by atoms with Crippen molar-refractivity contribution in [1.82, 2.24) is 4.90 Å². The lowest BCUT2D eigenvalue weighted by atomic mass is 9.95. The quantitative estimate of drug-likeness (QED) is 0.755. The van der Waals surface area contributed by atoms with Gasteiger partial charge in [-0.3, -0.25) is 4.90 Å². The molecule has 0 spiro atoms. The summed E-state index contributed by atoms with van der Waals surface area (Å²) in [5.74, 6) is -0.00902. The summed E-state index contributed by atoms with van der Waals surface area (Å²) in [5.41, 5.74) is 8.08. The number of halogens is 2. The molecule has 0 aromatic heterocycles. The minimum Gasteiger partial charge on any atom is -0.396 e. The van der Waals surface area contributed by atoms with Crippen molar-refractivity contribution in [3.05, 3.63) is 35.4 Å². The Morgan fingerprint density at radius 2 is 1.76 bits per heavy atom. The van der Waals surface area contributed by atoms with Gasteiger partial charge in [-0.15, -0.1) is 24.8 Å². The highest BCUT2D eigenvalue weighted by molar-refractivity contribution is 5.85. The van der Waals surface area contributed by atoms with Crippen LogP contribution in [0.25, 0.3) is 0 Å². The van der Waals surface area contributed by atoms with E-state index in [4.69, 9.17) is 5.73 Å². The summed E-state index contributed by atoms with van der Waals surface area (Å²) in [6.45, 7) is 3.28. The molecule has 0 amide bonds. The maximum absolute atomic E-state index is 9.75. The predicted molar refractivity (Wildman–Crippen MR) is 90.2 cm³/mol. The van der Waals surface area contributed by atoms with Gasteiger partial charge in [0.1, 0.15) is 0 Å². The molecule has 122 valence electrons. The van der Waals surface area contributed by atoms with Crippen LogP contribution in [0.3, 0.4) is 0 Å². The van der Waals surface area contributed by atoms with Crippen molar-refractivity contribution in [3.8, 4) is 0 Å². The van der Waals surface area contributed by atoms with Gasteiger partial charge in [0.15, 0.2) is 0 Å². The molecule has 1 saturated heterocycles. The van der Waals surface area contributed by atoms with E-state index in [1.54, 1.807) is 0 Å². The maximum Gasteiger partial charge on any atom is 0.0614 e. The van der Waals surface area contributed by atoms with E-state index in [-0.39, 0.29) is 43.4 Å². The van der Waals surface area contributed by atoms with Crippen molar-refractivity contribution < 1.29 is 10.2 Å². The molecule has 2 atom stereocenters. The average Bonchev–Trinajstić information content (AvgIpc) is 2.43. The normalized spacial score (nSPS) is 22.2. The minimum absolute atomic E-state index is 0. The van der Waals surface area contributed by atoms with Crippen LogP contribution in [0.15, 0.2) is 24.3 Å². The third-order valence-corrected chi connectivity index (χ3v) is 3.87. The van der Waals surface area contributed by atoms with Gasteiger partial charge >= 0.3 is 0 Å². The first-order chi connectivity index (χ1) is 9.22. The van der Waals surface area contributed by atoms with Crippen LogP contribution < -0.4 is 5.73 Å². The Labute approximate surface area is 139 Å². The maximum atomic E-state index is 9.75. The zero-order valence-corrected chi connectivity index (χ0v) is 13.8. The second kappa shape index (κ2) is 10.4. The first kappa shape index (κ1) is 20.6. The number of piperidine rings is 1. The van der Waals surface area contributed by atoms with Crippen LogP contribution in [0, 0.1) is 5.92 Å². The molecule has 0 saturated carbocycles. The van der Waals surface area contributed by atoms with Crippen molar-refractivity contribution >= 4 is 24.8 Å². The highest BCUT2D eigenvalue weighted by Crippen LogP contribution is 2.19. The highest BCUT2D eigenvalue weighted by atomic mass is 35.5. The number of hydrogen-bond donors (Lipinski definition) is 3. The summed E-state index contributed by atoms with van der Waals surface area (Å²) in [6, 6.07) is 8.54. The lowest BCUT2D eigenvalue weighted by Gasteiger charge is -2.35. The Hall–Kier alpha value is -0.360. The lowest BCUT2D eigenvalue weighted by molar-refractivity contribution is -0.00200. The van der Waals surface area contributed by atoms with Crippen molar-refractivity contribution in [2.24, 2.45) is 11.7 Å². The molecule has 21 heavy (non-hydrogen) atoms. The van der Waals surface area contributed by atoms with Crippen LogP contribution in [0.2, 0.25) is 0 Å². The van der Waals surface area contributed by atoms with E-state index < -0.39 is 0 Å². The smallest absolute Gasteiger partial charge is 0.0614 e. The first-order valence-corrected chi connectivity index (χ1v) is 7.02. The Morgan fingerprint density at radius 1 is 1.14 bits per heavy atom. The van der Waals surface area contributed by atoms with Gasteiger partial charge in [-0.05, 0) is 30.5 Å². The highest BCUT2D eigenvalue weighted by Gasteiger charge is 2.26. The SMILES string of the molecule is Cl.Cl.NCCc1ccc(CN2CC[C@@H](O)[C@@H](CO)C2)cc1. The van der Waals surface area contributed by atoms with Gasteiger partial charge in [0, 0.05) is 32.2 Å². The first-order valence-electron chi connectivity index (χ1n) is 7.02. The van der Waals surface area contributed by atoms with E-state index in [9.17, 15) is 10.2 Å². The van der Waals surface area contributed by atoms with E-state index >= 15 is 0 Å². The zero-order valence-electron chi connectivity index (χ0n) is 12.1. The summed E-state index contributed by atoms with van der Waals surface area (Å²) < 4.78 is 0. The van der Waals surface area contributed by atoms with E-state index in [0.717, 1.165) is 32.5 Å². The molecule has 4 N–H and O–H groups in total. The van der Waals surface area contributed by atoms with Gasteiger partial charge in [-0.1, -0.05) is 24.3 Å². The molecule has 1 aromatic carbocycles. The molecule has 1 aliphatic heterocycles. The van der Waals surface area contributed by atoms with Gasteiger partial charge in [-0.2, -0.15) is 0 Å². The standard InChI is InChI=1S/C15H24N2O2.2ClH/c16-7-5-12-1-3-13(4-2-12)9-17-8-6-15(19)14(10-17)11-18;;/h1-4,14-15,18-19H,5-11,16H2;2*1H/t14-,15-;;/m1../s1. The van der Waals surface area contributed by atoms with Crippen LogP contribution in [0.5, 0.6) is 0 Å². The van der Waals surface area contributed by atoms with Gasteiger partial charge in [0.2, 0.25) is 0 Å². The Kier molecular flexibility index (Phi) is 10.2. The van der Waals surface area contributed by atoms with E-state index in [1.165, 1.54) is 11.1 Å². The van der Waals surface area contributed by atoms with Crippen LogP contribution in [0.1, 0.15) is 17.5 Å². The number of rotatable bonds is 5. The number of hydrogen-bond acceptors (Lipinski definition) is 4. The zero-order chi connectivity index (χ0) is 13.7. The molecule has 1 fully saturated rings. The number of aliphatic hydroxyl groups is 2. The molecule has 0 radical (unpaired) electrons. The second-order valence-corrected chi connectivity index (χ2v) is 5.39. The predicted octanol–water partition coefficient (Wildman–Crippen LogP) is 1.21. The van der Waals surface area contributed by atoms with Gasteiger partial charge in [-0.25, -0.2) is 0 Å². The third-order valence-electron chi connectivity index (χ3n) is 3.87. The molecule has 1 heterocycles. The average molecular weight is 337 g/mol. The topological polar surface area (TPSA) is 69.7 Å². The summed E-state index contributed by atoms with van der Waals surface area (Å²) >= 11 is 0. The van der Waals surface area contributed by atoms with Crippen molar-refractivity contribution in [2.75, 3.05) is 26.2 Å². The summed E-state index contributed by atoms with van der Waals surface area (Å²) in [6.07, 6.45) is 1.31. The number of likely N-dealkylation sites (tertiary alicyclic amines) is 1. The molecule has 1 aliphatic rings. The number of aliphatic hydroxyl groups excluding tert-OH is 2. The fourth-order valence-corrected chi connectivity index (χ4v) is 2.65. The van der Waals surface area contributed by atoms with E-state index in [2.05, 4.69) is 29.2 Å². The van der Waals surface area contributed by atoms with Gasteiger partial charge in [0.25, 0.3) is 0 Å². The van der Waals surface area contributed by atoms with Crippen molar-refractivity contribution in [2.45, 2.75) is 25.5 Å². The van der Waals surface area contributed by atoms with Gasteiger partial charge in [0.05, 0.1) is 6.10 Å². The van der Waals surface area contributed by atoms with Crippen LogP contribution in [-0.2, 0) is 13.0 Å². The summed E-state index contributed by atoms with van der Waals surface area (Å²) in [7, 11) is 0. The Balaban J connectivity index is 0.00000200. The fourth-order valence-electron chi connectivity index (χ4n) is 2.65. The number of benzene rings is 1. The summed E-state index contributed by atoms with van der Waals surface area (Å²) in [4.78, 5) is 2.30. The molecule has 0 bridgehead atoms. The Bertz CT molecular complexity index is 390. The fraction of sp³-hybridized carbons (Fsp3) is 0.600. The number of nitrogens with two attached hydrogens (primary N) is 1. The second-order valence-electron chi connectivity index (χ2n) is 5.39. The molecule has 6 heteroatoms. The minimum atomic E-state index is -0.354. The molecular formula is C15H26Cl2N2O2. The molecular weight excluding hydrogens is 311 g/mol.